The van der Waals surface area contributed by atoms with Gasteiger partial charge in [-0.05, 0) is 27.1 Å². The zero-order valence-corrected chi connectivity index (χ0v) is 9.94. The Balaban J connectivity index is 1.99. The molecule has 1 aliphatic heterocycles. The highest BCUT2D eigenvalue weighted by Crippen LogP contribution is 2.14. The number of likely N-dealkylation sites (N-methyl/N-ethyl adjacent to an activating group) is 1. The van der Waals surface area contributed by atoms with Crippen LogP contribution in [0.25, 0.3) is 0 Å². The summed E-state index contributed by atoms with van der Waals surface area (Å²) < 4.78 is 5.58. The molecular formula is C10H19N5O. The minimum atomic E-state index is 0.626. The molecule has 0 aromatic carbocycles. The van der Waals surface area contributed by atoms with Crippen LogP contribution in [0.1, 0.15) is 12.3 Å². The molecule has 1 aromatic heterocycles. The lowest BCUT2D eigenvalue weighted by Crippen LogP contribution is -2.28. The van der Waals surface area contributed by atoms with Gasteiger partial charge in [0.25, 0.3) is 0 Å². The Morgan fingerprint density at radius 1 is 1.25 bits per heavy atom. The molecule has 0 unspecified atom stereocenters. The number of anilines is 1. The highest BCUT2D eigenvalue weighted by Gasteiger charge is 2.17. The van der Waals surface area contributed by atoms with Gasteiger partial charge in [0.1, 0.15) is 0 Å². The summed E-state index contributed by atoms with van der Waals surface area (Å²) in [5, 5.41) is 11.1. The van der Waals surface area contributed by atoms with Crippen molar-refractivity contribution < 1.29 is 4.42 Å². The van der Waals surface area contributed by atoms with E-state index in [0.29, 0.717) is 18.5 Å². The van der Waals surface area contributed by atoms with Gasteiger partial charge in [0.15, 0.2) is 0 Å². The van der Waals surface area contributed by atoms with Crippen molar-refractivity contribution in [1.29, 1.82) is 0 Å². The van der Waals surface area contributed by atoms with E-state index in [1.807, 2.05) is 7.05 Å². The first kappa shape index (κ1) is 11.3. The monoisotopic (exact) mass is 225 g/mol. The number of hydrogen-bond acceptors (Lipinski definition) is 6. The minimum absolute atomic E-state index is 0.626. The lowest BCUT2D eigenvalue weighted by atomic mass is 10.4. The maximum absolute atomic E-state index is 5.58. The normalized spacial score (nSPS) is 18.8. The second kappa shape index (κ2) is 5.27. The van der Waals surface area contributed by atoms with Crippen molar-refractivity contribution >= 4 is 6.01 Å². The van der Waals surface area contributed by atoms with Gasteiger partial charge in [-0.1, -0.05) is 5.10 Å². The van der Waals surface area contributed by atoms with Crippen molar-refractivity contribution in [3.8, 4) is 0 Å². The third-order valence-electron chi connectivity index (χ3n) is 2.77. The molecule has 1 fully saturated rings. The third-order valence-corrected chi connectivity index (χ3v) is 2.77. The summed E-state index contributed by atoms with van der Waals surface area (Å²) in [7, 11) is 4.01. The molecule has 0 aliphatic carbocycles. The second-order valence-electron chi connectivity index (χ2n) is 4.15. The smallest absolute Gasteiger partial charge is 0.318 e. The van der Waals surface area contributed by atoms with Crippen LogP contribution in [-0.2, 0) is 6.54 Å². The van der Waals surface area contributed by atoms with Crippen LogP contribution in [0.2, 0.25) is 0 Å². The van der Waals surface area contributed by atoms with E-state index in [9.17, 15) is 0 Å². The molecule has 2 heterocycles. The Labute approximate surface area is 95.6 Å². The van der Waals surface area contributed by atoms with Gasteiger partial charge in [0, 0.05) is 19.6 Å². The first-order chi connectivity index (χ1) is 7.79. The van der Waals surface area contributed by atoms with Crippen molar-refractivity contribution in [3.63, 3.8) is 0 Å². The van der Waals surface area contributed by atoms with E-state index >= 15 is 0 Å². The molecule has 16 heavy (non-hydrogen) atoms. The zero-order valence-electron chi connectivity index (χ0n) is 9.94. The van der Waals surface area contributed by atoms with Crippen LogP contribution in [0.3, 0.4) is 0 Å². The fourth-order valence-electron chi connectivity index (χ4n) is 1.83. The Bertz CT molecular complexity index is 327. The molecule has 1 saturated heterocycles. The molecule has 1 N–H and O–H groups in total. The van der Waals surface area contributed by atoms with Crippen LogP contribution >= 0.6 is 0 Å². The van der Waals surface area contributed by atoms with Gasteiger partial charge in [-0.25, -0.2) is 0 Å². The van der Waals surface area contributed by atoms with Crippen LogP contribution in [0.15, 0.2) is 4.42 Å². The van der Waals surface area contributed by atoms with Crippen LogP contribution in [0, 0.1) is 0 Å². The molecule has 1 aliphatic rings. The lowest BCUT2D eigenvalue weighted by Gasteiger charge is -2.17. The van der Waals surface area contributed by atoms with Crippen LogP contribution in [0.4, 0.5) is 6.01 Å². The minimum Gasteiger partial charge on any atom is -0.407 e. The van der Waals surface area contributed by atoms with Gasteiger partial charge in [-0.2, -0.15) is 0 Å². The summed E-state index contributed by atoms with van der Waals surface area (Å²) in [5.74, 6) is 0.648. The number of hydrogen-bond donors (Lipinski definition) is 1. The van der Waals surface area contributed by atoms with E-state index in [2.05, 4.69) is 32.4 Å². The molecule has 1 aromatic rings. The lowest BCUT2D eigenvalue weighted by molar-refractivity contribution is 0.359. The number of aromatic nitrogens is 2. The van der Waals surface area contributed by atoms with Crippen LogP contribution in [-0.4, -0.2) is 55.4 Å². The van der Waals surface area contributed by atoms with E-state index in [4.69, 9.17) is 4.42 Å². The second-order valence-corrected chi connectivity index (χ2v) is 4.15. The molecule has 0 saturated carbocycles. The molecule has 6 nitrogen and oxygen atoms in total. The summed E-state index contributed by atoms with van der Waals surface area (Å²) in [6.45, 7) is 4.75. The molecular weight excluding hydrogens is 206 g/mol. The van der Waals surface area contributed by atoms with Gasteiger partial charge in [-0.3, -0.25) is 0 Å². The molecule has 2 rings (SSSR count). The van der Waals surface area contributed by atoms with Crippen molar-refractivity contribution in [2.75, 3.05) is 45.2 Å². The third kappa shape index (κ3) is 2.70. The van der Waals surface area contributed by atoms with Crippen molar-refractivity contribution in [3.05, 3.63) is 5.89 Å². The number of rotatable bonds is 3. The molecule has 0 atom stereocenters. The molecule has 90 valence electrons. The molecule has 0 amide bonds. The number of nitrogens with zero attached hydrogens (tertiary/aromatic N) is 4. The SMILES string of the molecule is CNCc1nnc(N2CCCN(C)CC2)o1. The summed E-state index contributed by atoms with van der Waals surface area (Å²) >= 11 is 0. The zero-order chi connectivity index (χ0) is 11.4. The van der Waals surface area contributed by atoms with Crippen molar-refractivity contribution in [2.24, 2.45) is 0 Å². The quantitative estimate of drug-likeness (QED) is 0.777. The van der Waals surface area contributed by atoms with Gasteiger partial charge in [0.05, 0.1) is 6.54 Å². The van der Waals surface area contributed by atoms with Gasteiger partial charge < -0.3 is 19.5 Å². The topological polar surface area (TPSA) is 57.4 Å². The summed E-state index contributed by atoms with van der Waals surface area (Å²) in [4.78, 5) is 4.49. The first-order valence-corrected chi connectivity index (χ1v) is 5.70. The molecule has 0 radical (unpaired) electrons. The van der Waals surface area contributed by atoms with E-state index in [-0.39, 0.29) is 0 Å². The Morgan fingerprint density at radius 3 is 2.94 bits per heavy atom. The average Bonchev–Trinajstić information content (AvgIpc) is 2.62. The molecule has 0 spiro atoms. The molecule has 0 bridgehead atoms. The fraction of sp³-hybridized carbons (Fsp3) is 0.800. The highest BCUT2D eigenvalue weighted by molar-refractivity contribution is 5.24. The summed E-state index contributed by atoms with van der Waals surface area (Å²) in [6.07, 6.45) is 1.14. The van der Waals surface area contributed by atoms with E-state index in [0.717, 1.165) is 32.6 Å². The molecule has 6 heteroatoms. The van der Waals surface area contributed by atoms with Gasteiger partial charge in [0.2, 0.25) is 5.89 Å². The first-order valence-electron chi connectivity index (χ1n) is 5.70. The maximum atomic E-state index is 5.58. The average molecular weight is 225 g/mol. The van der Waals surface area contributed by atoms with E-state index < -0.39 is 0 Å². The Kier molecular flexibility index (Phi) is 3.74. The van der Waals surface area contributed by atoms with Crippen molar-refractivity contribution in [1.82, 2.24) is 20.4 Å². The predicted molar refractivity (Wildman–Crippen MR) is 61.4 cm³/mol. The van der Waals surface area contributed by atoms with Crippen LogP contribution < -0.4 is 10.2 Å². The van der Waals surface area contributed by atoms with Gasteiger partial charge in [-0.15, -0.1) is 5.10 Å². The largest absolute Gasteiger partial charge is 0.407 e. The predicted octanol–water partition coefficient (Wildman–Crippen LogP) is -0.0691. The van der Waals surface area contributed by atoms with Gasteiger partial charge >= 0.3 is 6.01 Å². The summed E-state index contributed by atoms with van der Waals surface area (Å²) in [6, 6.07) is 0.653. The van der Waals surface area contributed by atoms with Crippen LogP contribution in [0.5, 0.6) is 0 Å². The maximum Gasteiger partial charge on any atom is 0.318 e. The fourth-order valence-corrected chi connectivity index (χ4v) is 1.83. The van der Waals surface area contributed by atoms with E-state index in [1.54, 1.807) is 0 Å². The van der Waals surface area contributed by atoms with Crippen molar-refractivity contribution in [2.45, 2.75) is 13.0 Å². The Hall–Kier alpha value is -1.14. The summed E-state index contributed by atoms with van der Waals surface area (Å²) in [5.41, 5.74) is 0. The standard InChI is InChI=1S/C10H19N5O/c1-11-8-9-12-13-10(16-9)15-5-3-4-14(2)6-7-15/h11H,3-8H2,1-2H3. The van der Waals surface area contributed by atoms with E-state index in [1.165, 1.54) is 0 Å². The Morgan fingerprint density at radius 2 is 2.12 bits per heavy atom. The highest BCUT2D eigenvalue weighted by atomic mass is 16.4. The number of nitrogens with one attached hydrogen (secondary N) is 1.